The molecule has 0 spiro atoms. The van der Waals surface area contributed by atoms with Crippen molar-refractivity contribution in [2.75, 3.05) is 0 Å². The minimum atomic E-state index is -1.000. The quantitative estimate of drug-likeness (QED) is 0.839. The molecule has 18 heavy (non-hydrogen) atoms. The van der Waals surface area contributed by atoms with E-state index in [9.17, 15) is 14.0 Å². The highest BCUT2D eigenvalue weighted by Crippen LogP contribution is 2.30. The molecule has 5 heteroatoms. The number of nitrogens with one attached hydrogen (secondary N) is 1. The van der Waals surface area contributed by atoms with Gasteiger partial charge in [0.15, 0.2) is 0 Å². The number of carbonyl (C=O) groups excluding carboxylic acids is 1. The number of aliphatic carboxylic acids is 1. The van der Waals surface area contributed by atoms with Gasteiger partial charge in [-0.3, -0.25) is 9.59 Å². The summed E-state index contributed by atoms with van der Waals surface area (Å²) < 4.78 is 12.8. The van der Waals surface area contributed by atoms with Crippen LogP contribution in [0.2, 0.25) is 0 Å². The van der Waals surface area contributed by atoms with Gasteiger partial charge in [-0.2, -0.15) is 0 Å². The van der Waals surface area contributed by atoms with Crippen molar-refractivity contribution < 1.29 is 19.1 Å². The van der Waals surface area contributed by atoms with Gasteiger partial charge in [-0.15, -0.1) is 0 Å². The molecule has 0 bridgehead atoms. The lowest BCUT2D eigenvalue weighted by atomic mass is 10.0. The van der Waals surface area contributed by atoms with Gasteiger partial charge in [0.1, 0.15) is 5.82 Å². The molecule has 0 aromatic heterocycles. The summed E-state index contributed by atoms with van der Waals surface area (Å²) in [6, 6.07) is 4.91. The summed E-state index contributed by atoms with van der Waals surface area (Å²) in [5.41, 5.74) is 0.604. The number of carboxylic acid groups (broad SMARTS) is 1. The Morgan fingerprint density at radius 3 is 2.44 bits per heavy atom. The first kappa shape index (κ1) is 12.5. The molecule has 96 valence electrons. The fourth-order valence-corrected chi connectivity index (χ4v) is 1.76. The van der Waals surface area contributed by atoms with Gasteiger partial charge >= 0.3 is 5.97 Å². The SMILES string of the molecule is O=C(O)CC(NC(=O)C1CC1)c1ccc(F)cc1. The zero-order valence-electron chi connectivity index (χ0n) is 9.73. The summed E-state index contributed by atoms with van der Waals surface area (Å²) in [6.07, 6.45) is 1.51. The minimum absolute atomic E-state index is 0.0155. The molecule has 0 radical (unpaired) electrons. The number of carbonyl (C=O) groups is 2. The second kappa shape index (κ2) is 5.16. The molecule has 0 aliphatic heterocycles. The molecule has 1 saturated carbocycles. The lowest BCUT2D eigenvalue weighted by molar-refractivity contribution is -0.137. The second-order valence-electron chi connectivity index (χ2n) is 4.48. The van der Waals surface area contributed by atoms with Crippen LogP contribution in [0.25, 0.3) is 0 Å². The second-order valence-corrected chi connectivity index (χ2v) is 4.48. The van der Waals surface area contributed by atoms with Gasteiger partial charge in [0.2, 0.25) is 5.91 Å². The van der Waals surface area contributed by atoms with Crippen LogP contribution in [0.3, 0.4) is 0 Å². The van der Waals surface area contributed by atoms with Crippen molar-refractivity contribution in [2.24, 2.45) is 5.92 Å². The van der Waals surface area contributed by atoms with Crippen molar-refractivity contribution in [2.45, 2.75) is 25.3 Å². The fraction of sp³-hybridized carbons (Fsp3) is 0.385. The molecule has 1 aliphatic carbocycles. The minimum Gasteiger partial charge on any atom is -0.481 e. The van der Waals surface area contributed by atoms with Gasteiger partial charge < -0.3 is 10.4 Å². The molecule has 1 aromatic rings. The standard InChI is InChI=1S/C13H14FNO3/c14-10-5-3-8(4-6-10)11(7-12(16)17)15-13(18)9-1-2-9/h3-6,9,11H,1-2,7H2,(H,15,18)(H,16,17). The molecule has 0 heterocycles. The summed E-state index contributed by atoms with van der Waals surface area (Å²) in [7, 11) is 0. The fourth-order valence-electron chi connectivity index (χ4n) is 1.76. The Labute approximate surface area is 104 Å². The smallest absolute Gasteiger partial charge is 0.305 e. The molecule has 1 fully saturated rings. The van der Waals surface area contributed by atoms with Crippen LogP contribution in [0.4, 0.5) is 4.39 Å². The molecule has 4 nitrogen and oxygen atoms in total. The van der Waals surface area contributed by atoms with Crippen molar-refractivity contribution in [3.8, 4) is 0 Å². The summed E-state index contributed by atoms with van der Waals surface area (Å²) in [5, 5.41) is 11.5. The Kier molecular flexibility index (Phi) is 3.60. The predicted molar refractivity (Wildman–Crippen MR) is 62.3 cm³/mol. The van der Waals surface area contributed by atoms with Crippen LogP contribution >= 0.6 is 0 Å². The molecule has 0 saturated heterocycles. The molecule has 1 unspecified atom stereocenters. The van der Waals surface area contributed by atoms with Crippen LogP contribution in [-0.2, 0) is 9.59 Å². The van der Waals surface area contributed by atoms with E-state index in [4.69, 9.17) is 5.11 Å². The number of hydrogen-bond donors (Lipinski definition) is 2. The molecular formula is C13H14FNO3. The van der Waals surface area contributed by atoms with Gasteiger partial charge in [-0.1, -0.05) is 12.1 Å². The number of benzene rings is 1. The van der Waals surface area contributed by atoms with Crippen LogP contribution in [0.5, 0.6) is 0 Å². The van der Waals surface area contributed by atoms with Crippen LogP contribution in [0, 0.1) is 11.7 Å². The average molecular weight is 251 g/mol. The molecule has 1 aliphatic rings. The third kappa shape index (κ3) is 3.29. The molecular weight excluding hydrogens is 237 g/mol. The van der Waals surface area contributed by atoms with Gasteiger partial charge in [0.05, 0.1) is 12.5 Å². The summed E-state index contributed by atoms with van der Waals surface area (Å²) >= 11 is 0. The largest absolute Gasteiger partial charge is 0.481 e. The molecule has 1 aromatic carbocycles. The first-order chi connectivity index (χ1) is 8.56. The van der Waals surface area contributed by atoms with Crippen molar-refractivity contribution in [1.82, 2.24) is 5.32 Å². The predicted octanol–water partition coefficient (Wildman–Crippen LogP) is 1.87. The van der Waals surface area contributed by atoms with E-state index in [0.29, 0.717) is 5.56 Å². The lowest BCUT2D eigenvalue weighted by Crippen LogP contribution is -2.31. The van der Waals surface area contributed by atoms with E-state index in [1.54, 1.807) is 0 Å². The molecule has 1 amide bonds. The van der Waals surface area contributed by atoms with Crippen molar-refractivity contribution in [3.63, 3.8) is 0 Å². The maximum Gasteiger partial charge on any atom is 0.305 e. The van der Waals surface area contributed by atoms with Gasteiger partial charge in [-0.05, 0) is 30.5 Å². The molecule has 2 N–H and O–H groups in total. The highest BCUT2D eigenvalue weighted by atomic mass is 19.1. The number of hydrogen-bond acceptors (Lipinski definition) is 2. The van der Waals surface area contributed by atoms with Crippen LogP contribution < -0.4 is 5.32 Å². The van der Waals surface area contributed by atoms with Crippen molar-refractivity contribution in [3.05, 3.63) is 35.6 Å². The van der Waals surface area contributed by atoms with E-state index in [2.05, 4.69) is 5.32 Å². The van der Waals surface area contributed by atoms with Gasteiger partial charge in [0, 0.05) is 5.92 Å². The third-order valence-corrected chi connectivity index (χ3v) is 2.92. The van der Waals surface area contributed by atoms with Gasteiger partial charge in [-0.25, -0.2) is 4.39 Å². The maximum atomic E-state index is 12.8. The van der Waals surface area contributed by atoms with E-state index in [1.165, 1.54) is 24.3 Å². The van der Waals surface area contributed by atoms with E-state index in [0.717, 1.165) is 12.8 Å². The summed E-state index contributed by atoms with van der Waals surface area (Å²) in [6.45, 7) is 0. The molecule has 2 rings (SSSR count). The Morgan fingerprint density at radius 1 is 1.33 bits per heavy atom. The number of amides is 1. The third-order valence-electron chi connectivity index (χ3n) is 2.92. The first-order valence-electron chi connectivity index (χ1n) is 5.84. The summed E-state index contributed by atoms with van der Waals surface area (Å²) in [4.78, 5) is 22.5. The van der Waals surface area contributed by atoms with Crippen molar-refractivity contribution >= 4 is 11.9 Å². The zero-order valence-corrected chi connectivity index (χ0v) is 9.73. The van der Waals surface area contributed by atoms with E-state index in [1.807, 2.05) is 0 Å². The first-order valence-corrected chi connectivity index (χ1v) is 5.84. The van der Waals surface area contributed by atoms with E-state index < -0.39 is 12.0 Å². The number of carboxylic acids is 1. The van der Waals surface area contributed by atoms with Crippen LogP contribution in [-0.4, -0.2) is 17.0 Å². The van der Waals surface area contributed by atoms with Crippen LogP contribution in [0.15, 0.2) is 24.3 Å². The van der Waals surface area contributed by atoms with Gasteiger partial charge in [0.25, 0.3) is 0 Å². The molecule has 1 atom stereocenters. The zero-order chi connectivity index (χ0) is 13.1. The van der Waals surface area contributed by atoms with Crippen molar-refractivity contribution in [1.29, 1.82) is 0 Å². The maximum absolute atomic E-state index is 12.8. The highest BCUT2D eigenvalue weighted by molar-refractivity contribution is 5.82. The number of rotatable bonds is 5. The topological polar surface area (TPSA) is 66.4 Å². The van der Waals surface area contributed by atoms with E-state index in [-0.39, 0.29) is 24.1 Å². The highest BCUT2D eigenvalue weighted by Gasteiger charge is 2.31. The Bertz CT molecular complexity index is 454. The average Bonchev–Trinajstić information content (AvgIpc) is 3.12. The van der Waals surface area contributed by atoms with Crippen LogP contribution in [0.1, 0.15) is 30.9 Å². The Balaban J connectivity index is 2.10. The summed E-state index contributed by atoms with van der Waals surface area (Å²) in [5.74, 6) is -1.49. The normalized spacial score (nSPS) is 16.1. The monoisotopic (exact) mass is 251 g/mol. The lowest BCUT2D eigenvalue weighted by Gasteiger charge is -2.17. The van der Waals surface area contributed by atoms with E-state index >= 15 is 0 Å². The Morgan fingerprint density at radius 2 is 1.94 bits per heavy atom. The number of halogens is 1. The Hall–Kier alpha value is -1.91.